The van der Waals surface area contributed by atoms with E-state index >= 15 is 0 Å². The van der Waals surface area contributed by atoms with Crippen molar-refractivity contribution in [3.63, 3.8) is 0 Å². The summed E-state index contributed by atoms with van der Waals surface area (Å²) >= 11 is 0. The van der Waals surface area contributed by atoms with Gasteiger partial charge in [-0.1, -0.05) is 30.3 Å². The fraction of sp³-hybridized carbons (Fsp3) is 0.462. The fourth-order valence-electron chi connectivity index (χ4n) is 2.11. The van der Waals surface area contributed by atoms with Gasteiger partial charge in [-0.2, -0.15) is 5.26 Å². The van der Waals surface area contributed by atoms with Crippen LogP contribution in [0, 0.1) is 11.3 Å². The van der Waals surface area contributed by atoms with Crippen LogP contribution >= 0.6 is 0 Å². The summed E-state index contributed by atoms with van der Waals surface area (Å²) in [4.78, 5) is 2.21. The Hall–Kier alpha value is -1.37. The second-order valence-corrected chi connectivity index (χ2v) is 4.04. The van der Waals surface area contributed by atoms with Crippen LogP contribution in [0.4, 0.5) is 0 Å². The first kappa shape index (κ1) is 11.1. The van der Waals surface area contributed by atoms with Gasteiger partial charge in [0.1, 0.15) is 6.04 Å². The summed E-state index contributed by atoms with van der Waals surface area (Å²) in [7, 11) is 0. The zero-order valence-electron chi connectivity index (χ0n) is 9.47. The number of morpholine rings is 1. The monoisotopic (exact) mass is 216 g/mol. The summed E-state index contributed by atoms with van der Waals surface area (Å²) in [6, 6.07) is 12.8. The van der Waals surface area contributed by atoms with Gasteiger partial charge in [-0.3, -0.25) is 4.90 Å². The topological polar surface area (TPSA) is 36.3 Å². The zero-order valence-corrected chi connectivity index (χ0v) is 9.47. The number of nitriles is 1. The van der Waals surface area contributed by atoms with Crippen LogP contribution in [0.25, 0.3) is 0 Å². The molecule has 1 aliphatic heterocycles. The minimum atomic E-state index is -0.121. The largest absolute Gasteiger partial charge is 0.377 e. The second-order valence-electron chi connectivity index (χ2n) is 4.04. The Morgan fingerprint density at radius 3 is 2.88 bits per heavy atom. The highest BCUT2D eigenvalue weighted by molar-refractivity contribution is 5.19. The fourth-order valence-corrected chi connectivity index (χ4v) is 2.11. The van der Waals surface area contributed by atoms with Crippen molar-refractivity contribution in [2.24, 2.45) is 0 Å². The van der Waals surface area contributed by atoms with Crippen molar-refractivity contribution in [3.05, 3.63) is 35.9 Å². The van der Waals surface area contributed by atoms with Gasteiger partial charge in [0.05, 0.1) is 19.3 Å². The van der Waals surface area contributed by atoms with E-state index in [1.807, 2.05) is 18.2 Å². The van der Waals surface area contributed by atoms with E-state index in [2.05, 4.69) is 30.0 Å². The number of nitrogens with zero attached hydrogens (tertiary/aromatic N) is 2. The summed E-state index contributed by atoms with van der Waals surface area (Å²) in [5, 5.41) is 9.09. The number of hydrogen-bond donors (Lipinski definition) is 0. The molecule has 1 aromatic rings. The molecule has 2 rings (SSSR count). The summed E-state index contributed by atoms with van der Waals surface area (Å²) < 4.78 is 5.33. The van der Waals surface area contributed by atoms with Crippen LogP contribution in [0.1, 0.15) is 18.5 Å². The van der Waals surface area contributed by atoms with Gasteiger partial charge in [0, 0.05) is 12.6 Å². The standard InChI is InChI=1S/C13H16N2O/c1-11(12-5-3-2-4-6-12)15-7-8-16-10-13(15)9-14/h2-6,11,13H,7-8,10H2,1H3. The van der Waals surface area contributed by atoms with Crippen molar-refractivity contribution in [2.45, 2.75) is 19.0 Å². The minimum Gasteiger partial charge on any atom is -0.377 e. The molecule has 0 N–H and O–H groups in total. The maximum absolute atomic E-state index is 9.09. The van der Waals surface area contributed by atoms with Crippen LogP contribution in [0.5, 0.6) is 0 Å². The smallest absolute Gasteiger partial charge is 0.122 e. The van der Waals surface area contributed by atoms with E-state index in [1.165, 1.54) is 5.56 Å². The SMILES string of the molecule is CC(c1ccccc1)N1CCOCC1C#N. The molecule has 1 heterocycles. The van der Waals surface area contributed by atoms with Crippen LogP contribution in [0.2, 0.25) is 0 Å². The molecule has 16 heavy (non-hydrogen) atoms. The van der Waals surface area contributed by atoms with Crippen molar-refractivity contribution in [1.82, 2.24) is 4.90 Å². The maximum atomic E-state index is 9.09. The quantitative estimate of drug-likeness (QED) is 0.758. The van der Waals surface area contributed by atoms with Gasteiger partial charge < -0.3 is 4.74 Å². The lowest BCUT2D eigenvalue weighted by Crippen LogP contribution is -2.45. The Kier molecular flexibility index (Phi) is 3.55. The molecule has 2 unspecified atom stereocenters. The van der Waals surface area contributed by atoms with Crippen molar-refractivity contribution < 1.29 is 4.74 Å². The lowest BCUT2D eigenvalue weighted by molar-refractivity contribution is -0.00576. The summed E-state index contributed by atoms with van der Waals surface area (Å²) in [5.74, 6) is 0. The molecule has 0 radical (unpaired) electrons. The first-order valence-electron chi connectivity index (χ1n) is 5.61. The van der Waals surface area contributed by atoms with Gasteiger partial charge in [0.25, 0.3) is 0 Å². The van der Waals surface area contributed by atoms with Gasteiger partial charge in [-0.15, -0.1) is 0 Å². The third-order valence-corrected chi connectivity index (χ3v) is 3.10. The molecule has 0 bridgehead atoms. The molecule has 3 nitrogen and oxygen atoms in total. The normalized spacial score (nSPS) is 23.6. The third-order valence-electron chi connectivity index (χ3n) is 3.10. The number of ether oxygens (including phenoxy) is 1. The van der Waals surface area contributed by atoms with Gasteiger partial charge in [-0.25, -0.2) is 0 Å². The molecule has 84 valence electrons. The Morgan fingerprint density at radius 2 is 2.19 bits per heavy atom. The molecule has 3 heteroatoms. The number of rotatable bonds is 2. The minimum absolute atomic E-state index is 0.121. The lowest BCUT2D eigenvalue weighted by Gasteiger charge is -2.36. The van der Waals surface area contributed by atoms with Gasteiger partial charge in [0.2, 0.25) is 0 Å². The van der Waals surface area contributed by atoms with Gasteiger partial charge >= 0.3 is 0 Å². The number of benzene rings is 1. The van der Waals surface area contributed by atoms with E-state index in [4.69, 9.17) is 10.00 Å². The highest BCUT2D eigenvalue weighted by atomic mass is 16.5. The van der Waals surface area contributed by atoms with Crippen LogP contribution in [-0.4, -0.2) is 30.7 Å². The number of hydrogen-bond acceptors (Lipinski definition) is 3. The third kappa shape index (κ3) is 2.24. The molecule has 0 saturated carbocycles. The average molecular weight is 216 g/mol. The van der Waals surface area contributed by atoms with Gasteiger partial charge in [-0.05, 0) is 12.5 Å². The molecule has 1 fully saturated rings. The van der Waals surface area contributed by atoms with E-state index in [0.717, 1.165) is 13.2 Å². The highest BCUT2D eigenvalue weighted by Gasteiger charge is 2.27. The van der Waals surface area contributed by atoms with E-state index < -0.39 is 0 Å². The van der Waals surface area contributed by atoms with Crippen LogP contribution in [-0.2, 0) is 4.74 Å². The molecule has 2 atom stereocenters. The molecular weight excluding hydrogens is 200 g/mol. The zero-order chi connectivity index (χ0) is 11.4. The first-order chi connectivity index (χ1) is 7.83. The van der Waals surface area contributed by atoms with E-state index in [0.29, 0.717) is 6.61 Å². The van der Waals surface area contributed by atoms with Crippen LogP contribution in [0.15, 0.2) is 30.3 Å². The van der Waals surface area contributed by atoms with Crippen molar-refractivity contribution >= 4 is 0 Å². The molecule has 1 aliphatic rings. The van der Waals surface area contributed by atoms with Crippen LogP contribution in [0.3, 0.4) is 0 Å². The Morgan fingerprint density at radius 1 is 1.44 bits per heavy atom. The Bertz CT molecular complexity index is 371. The summed E-state index contributed by atoms with van der Waals surface area (Å²) in [6.07, 6.45) is 0. The molecule has 0 aliphatic carbocycles. The van der Waals surface area contributed by atoms with Crippen molar-refractivity contribution in [1.29, 1.82) is 5.26 Å². The Labute approximate surface area is 96.2 Å². The first-order valence-corrected chi connectivity index (χ1v) is 5.61. The molecule has 1 aromatic carbocycles. The van der Waals surface area contributed by atoms with E-state index in [9.17, 15) is 0 Å². The lowest BCUT2D eigenvalue weighted by atomic mass is 10.0. The van der Waals surface area contributed by atoms with Crippen molar-refractivity contribution in [3.8, 4) is 6.07 Å². The summed E-state index contributed by atoms with van der Waals surface area (Å²) in [6.45, 7) is 4.21. The van der Waals surface area contributed by atoms with Gasteiger partial charge in [0.15, 0.2) is 0 Å². The summed E-state index contributed by atoms with van der Waals surface area (Å²) in [5.41, 5.74) is 1.25. The molecular formula is C13H16N2O. The Balaban J connectivity index is 2.14. The molecule has 0 spiro atoms. The highest BCUT2D eigenvalue weighted by Crippen LogP contribution is 2.23. The van der Waals surface area contributed by atoms with E-state index in [1.54, 1.807) is 0 Å². The predicted molar refractivity (Wildman–Crippen MR) is 61.8 cm³/mol. The maximum Gasteiger partial charge on any atom is 0.122 e. The second kappa shape index (κ2) is 5.11. The van der Waals surface area contributed by atoms with Crippen LogP contribution < -0.4 is 0 Å². The average Bonchev–Trinajstić information content (AvgIpc) is 2.39. The molecule has 0 amide bonds. The predicted octanol–water partition coefficient (Wildman–Crippen LogP) is 1.97. The van der Waals surface area contributed by atoms with E-state index in [-0.39, 0.29) is 12.1 Å². The molecule has 0 aromatic heterocycles. The van der Waals surface area contributed by atoms with Crippen molar-refractivity contribution in [2.75, 3.05) is 19.8 Å². The molecule has 1 saturated heterocycles.